The molecule has 0 saturated carbocycles. The van der Waals surface area contributed by atoms with Gasteiger partial charge in [0.25, 0.3) is 5.91 Å². The first kappa shape index (κ1) is 20.0. The molecule has 1 saturated heterocycles. The van der Waals surface area contributed by atoms with Crippen molar-refractivity contribution >= 4 is 17.8 Å². The number of imide groups is 1. The van der Waals surface area contributed by atoms with E-state index in [2.05, 4.69) is 5.32 Å². The van der Waals surface area contributed by atoms with Crippen LogP contribution < -0.4 is 5.32 Å². The van der Waals surface area contributed by atoms with E-state index in [9.17, 15) is 18.8 Å². The second kappa shape index (κ2) is 7.72. The van der Waals surface area contributed by atoms with Gasteiger partial charge in [-0.3, -0.25) is 14.5 Å². The molecule has 4 amide bonds. The number of hydrogen-bond donors (Lipinski definition) is 1. The summed E-state index contributed by atoms with van der Waals surface area (Å²) >= 11 is 0. The zero-order valence-electron chi connectivity index (χ0n) is 16.0. The summed E-state index contributed by atoms with van der Waals surface area (Å²) in [6.45, 7) is 1.10. The molecular formula is C21H19FN4O3. The van der Waals surface area contributed by atoms with Crippen molar-refractivity contribution in [1.82, 2.24) is 15.1 Å². The highest BCUT2D eigenvalue weighted by molar-refractivity contribution is 6.09. The largest absolute Gasteiger partial charge is 0.340 e. The molecule has 1 heterocycles. The molecule has 0 spiro atoms. The van der Waals surface area contributed by atoms with E-state index in [0.29, 0.717) is 16.7 Å². The second-order valence-corrected chi connectivity index (χ2v) is 6.98. The minimum atomic E-state index is -1.34. The highest BCUT2D eigenvalue weighted by atomic mass is 19.1. The number of rotatable bonds is 5. The zero-order chi connectivity index (χ0) is 21.2. The number of amides is 4. The summed E-state index contributed by atoms with van der Waals surface area (Å²) in [5.74, 6) is -1.50. The Bertz CT molecular complexity index is 1020. The Morgan fingerprint density at radius 3 is 2.48 bits per heavy atom. The van der Waals surface area contributed by atoms with Crippen LogP contribution in [0.25, 0.3) is 0 Å². The maximum absolute atomic E-state index is 13.8. The Morgan fingerprint density at radius 2 is 1.86 bits per heavy atom. The second-order valence-electron chi connectivity index (χ2n) is 6.98. The summed E-state index contributed by atoms with van der Waals surface area (Å²) in [5.41, 5.74) is -0.0708. The normalized spacial score (nSPS) is 18.3. The van der Waals surface area contributed by atoms with Crippen molar-refractivity contribution in [2.75, 3.05) is 13.6 Å². The number of urea groups is 1. The van der Waals surface area contributed by atoms with E-state index >= 15 is 0 Å². The molecule has 1 aliphatic rings. The fourth-order valence-corrected chi connectivity index (χ4v) is 3.14. The van der Waals surface area contributed by atoms with Gasteiger partial charge in [-0.15, -0.1) is 0 Å². The van der Waals surface area contributed by atoms with Crippen LogP contribution in [0, 0.1) is 17.1 Å². The zero-order valence-corrected chi connectivity index (χ0v) is 16.0. The van der Waals surface area contributed by atoms with Gasteiger partial charge in [-0.05, 0) is 30.7 Å². The van der Waals surface area contributed by atoms with Gasteiger partial charge >= 0.3 is 6.03 Å². The monoisotopic (exact) mass is 394 g/mol. The van der Waals surface area contributed by atoms with Crippen molar-refractivity contribution in [2.45, 2.75) is 19.0 Å². The number of hydrogen-bond acceptors (Lipinski definition) is 4. The number of halogens is 1. The first-order chi connectivity index (χ1) is 13.8. The van der Waals surface area contributed by atoms with Crippen molar-refractivity contribution in [1.29, 1.82) is 5.26 Å². The molecule has 1 unspecified atom stereocenters. The summed E-state index contributed by atoms with van der Waals surface area (Å²) in [6, 6.07) is 13.7. The van der Waals surface area contributed by atoms with Gasteiger partial charge in [0, 0.05) is 19.2 Å². The van der Waals surface area contributed by atoms with Gasteiger partial charge in [0.05, 0.1) is 11.6 Å². The highest BCUT2D eigenvalue weighted by Crippen LogP contribution is 2.29. The van der Waals surface area contributed by atoms with Crippen LogP contribution >= 0.6 is 0 Å². The molecular weight excluding hydrogens is 375 g/mol. The molecule has 29 heavy (non-hydrogen) atoms. The molecule has 8 heteroatoms. The number of nitrogens with one attached hydrogen (secondary N) is 1. The smallest absolute Gasteiger partial charge is 0.325 e. The molecule has 2 aromatic rings. The van der Waals surface area contributed by atoms with Crippen LogP contribution in [0.1, 0.15) is 23.6 Å². The van der Waals surface area contributed by atoms with Gasteiger partial charge in [0.15, 0.2) is 0 Å². The molecule has 0 radical (unpaired) electrons. The fourth-order valence-electron chi connectivity index (χ4n) is 3.14. The van der Waals surface area contributed by atoms with Gasteiger partial charge in [-0.1, -0.05) is 30.3 Å². The van der Waals surface area contributed by atoms with E-state index in [1.165, 1.54) is 18.0 Å². The SMILES string of the molecule is CN(Cc1ccccc1F)C(=O)CN1C(=O)NC(C)(c2ccc(C#N)cc2)C1=O. The van der Waals surface area contributed by atoms with Gasteiger partial charge in [-0.2, -0.15) is 5.26 Å². The van der Waals surface area contributed by atoms with Crippen LogP contribution in [-0.4, -0.2) is 41.2 Å². The summed E-state index contributed by atoms with van der Waals surface area (Å²) in [7, 11) is 1.48. The molecule has 1 aliphatic heterocycles. The maximum atomic E-state index is 13.8. The lowest BCUT2D eigenvalue weighted by molar-refractivity contribution is -0.138. The van der Waals surface area contributed by atoms with Crippen LogP contribution in [0.5, 0.6) is 0 Å². The van der Waals surface area contributed by atoms with Crippen molar-refractivity contribution in [2.24, 2.45) is 0 Å². The molecule has 1 fully saturated rings. The molecule has 7 nitrogen and oxygen atoms in total. The Kier molecular flexibility index (Phi) is 5.33. The summed E-state index contributed by atoms with van der Waals surface area (Å²) in [6.07, 6.45) is 0. The highest BCUT2D eigenvalue weighted by Gasteiger charge is 2.49. The van der Waals surface area contributed by atoms with Crippen molar-refractivity contribution in [3.63, 3.8) is 0 Å². The van der Waals surface area contributed by atoms with Crippen LogP contribution in [0.2, 0.25) is 0 Å². The minimum Gasteiger partial charge on any atom is -0.340 e. The first-order valence-electron chi connectivity index (χ1n) is 8.88. The molecule has 3 rings (SSSR count). The van der Waals surface area contributed by atoms with E-state index in [-0.39, 0.29) is 6.54 Å². The van der Waals surface area contributed by atoms with Crippen LogP contribution in [0.4, 0.5) is 9.18 Å². The Balaban J connectivity index is 1.73. The number of nitriles is 1. The molecule has 1 atom stereocenters. The third kappa shape index (κ3) is 3.80. The topological polar surface area (TPSA) is 93.5 Å². The van der Waals surface area contributed by atoms with Crippen LogP contribution in [0.3, 0.4) is 0 Å². The number of carbonyl (C=O) groups is 3. The lowest BCUT2D eigenvalue weighted by Gasteiger charge is -2.23. The summed E-state index contributed by atoms with van der Waals surface area (Å²) in [4.78, 5) is 39.9. The molecule has 1 N–H and O–H groups in total. The molecule has 0 bridgehead atoms. The van der Waals surface area contributed by atoms with E-state index in [4.69, 9.17) is 5.26 Å². The number of benzene rings is 2. The number of carbonyl (C=O) groups excluding carboxylic acids is 3. The molecule has 2 aromatic carbocycles. The average Bonchev–Trinajstić information content (AvgIpc) is 2.93. The fraction of sp³-hybridized carbons (Fsp3) is 0.238. The van der Waals surface area contributed by atoms with E-state index in [0.717, 1.165) is 4.90 Å². The van der Waals surface area contributed by atoms with Gasteiger partial charge in [0.2, 0.25) is 5.91 Å². The average molecular weight is 394 g/mol. The van der Waals surface area contributed by atoms with Gasteiger partial charge < -0.3 is 10.2 Å². The standard InChI is InChI=1S/C21H19FN4O3/c1-21(16-9-7-14(11-23)8-10-16)19(28)26(20(29)24-21)13-18(27)25(2)12-15-5-3-4-6-17(15)22/h3-10H,12-13H2,1-2H3,(H,24,29). The maximum Gasteiger partial charge on any atom is 0.325 e. The van der Waals surface area contributed by atoms with Crippen molar-refractivity contribution in [3.8, 4) is 6.07 Å². The summed E-state index contributed by atoms with van der Waals surface area (Å²) in [5, 5.41) is 11.5. The lowest BCUT2D eigenvalue weighted by atomic mass is 9.91. The molecule has 148 valence electrons. The third-order valence-corrected chi connectivity index (χ3v) is 4.95. The van der Waals surface area contributed by atoms with Crippen LogP contribution in [0.15, 0.2) is 48.5 Å². The quantitative estimate of drug-likeness (QED) is 0.786. The van der Waals surface area contributed by atoms with E-state index in [1.807, 2.05) is 6.07 Å². The Morgan fingerprint density at radius 1 is 1.21 bits per heavy atom. The predicted molar refractivity (Wildman–Crippen MR) is 102 cm³/mol. The number of nitrogens with zero attached hydrogens (tertiary/aromatic N) is 3. The molecule has 0 aliphatic carbocycles. The summed E-state index contributed by atoms with van der Waals surface area (Å²) < 4.78 is 13.8. The Hall–Kier alpha value is -3.73. The van der Waals surface area contributed by atoms with Crippen molar-refractivity contribution < 1.29 is 18.8 Å². The Labute approximate surface area is 167 Å². The molecule has 0 aromatic heterocycles. The predicted octanol–water partition coefficient (Wildman–Crippen LogP) is 2.12. The third-order valence-electron chi connectivity index (χ3n) is 4.95. The van der Waals surface area contributed by atoms with Crippen LogP contribution in [-0.2, 0) is 21.7 Å². The van der Waals surface area contributed by atoms with E-state index in [1.54, 1.807) is 49.4 Å². The first-order valence-corrected chi connectivity index (χ1v) is 8.88. The lowest BCUT2D eigenvalue weighted by Crippen LogP contribution is -2.43. The van der Waals surface area contributed by atoms with Gasteiger partial charge in [-0.25, -0.2) is 9.18 Å². The van der Waals surface area contributed by atoms with Crippen molar-refractivity contribution in [3.05, 3.63) is 71.0 Å². The van der Waals surface area contributed by atoms with Gasteiger partial charge in [0.1, 0.15) is 17.9 Å². The number of likely N-dealkylation sites (N-methyl/N-ethyl adjacent to an activating group) is 1. The minimum absolute atomic E-state index is 0.0159. The van der Waals surface area contributed by atoms with E-state index < -0.39 is 35.7 Å².